The van der Waals surface area contributed by atoms with Gasteiger partial charge in [-0.15, -0.1) is 22.7 Å². The quantitative estimate of drug-likeness (QED) is 0.197. The summed E-state index contributed by atoms with van der Waals surface area (Å²) in [5, 5.41) is 11.0. The average molecular weight is 689 g/mol. The molecule has 0 spiro atoms. The molecule has 1 aliphatic heterocycles. The lowest BCUT2D eigenvalue weighted by Gasteiger charge is -2.19. The number of aliphatic imine (C=N–C) groups is 2. The predicted octanol–water partition coefficient (Wildman–Crippen LogP) is 12.4. The number of rotatable bonds is 3. The minimum absolute atomic E-state index is 0.350. The Balaban J connectivity index is 0.987. The fraction of sp³-hybridized carbons (Fsp3) is 0.0222. The first-order valence-electron chi connectivity index (χ1n) is 17.1. The summed E-state index contributed by atoms with van der Waals surface area (Å²) >= 11 is 3.73. The highest BCUT2D eigenvalue weighted by Crippen LogP contribution is 2.42. The summed E-state index contributed by atoms with van der Waals surface area (Å²) in [6, 6.07) is 54.8. The summed E-state index contributed by atoms with van der Waals surface area (Å²) in [5.74, 6) is 0.764. The average Bonchev–Trinajstić information content (AvgIpc) is 3.87. The molecule has 0 radical (unpaired) electrons. The van der Waals surface area contributed by atoms with Gasteiger partial charge in [-0.3, -0.25) is 4.57 Å². The van der Waals surface area contributed by atoms with Crippen LogP contribution in [0, 0.1) is 0 Å². The molecule has 1 aliphatic rings. The maximum Gasteiger partial charge on any atom is 0.210 e. The first-order valence-corrected chi connectivity index (χ1v) is 18.7. The van der Waals surface area contributed by atoms with E-state index in [4.69, 9.17) is 9.98 Å². The van der Waals surface area contributed by atoms with E-state index in [1.807, 2.05) is 22.7 Å². The van der Waals surface area contributed by atoms with Crippen molar-refractivity contribution in [2.45, 2.75) is 6.17 Å². The van der Waals surface area contributed by atoms with Gasteiger partial charge in [0.25, 0.3) is 0 Å². The smallest absolute Gasteiger partial charge is 0.210 e. The molecule has 3 aromatic heterocycles. The minimum Gasteiger partial charge on any atom is -0.317 e. The molecule has 0 fully saturated rings. The van der Waals surface area contributed by atoms with E-state index in [1.54, 1.807) is 6.34 Å². The molecular formula is C45H28N4S2. The topological polar surface area (TPSA) is 41.7 Å². The van der Waals surface area contributed by atoms with Crippen LogP contribution < -0.4 is 5.32 Å². The first kappa shape index (κ1) is 28.7. The van der Waals surface area contributed by atoms with Crippen LogP contribution in [0.4, 0.5) is 0 Å². The van der Waals surface area contributed by atoms with Crippen molar-refractivity contribution in [3.05, 3.63) is 157 Å². The molecule has 1 N–H and O–H groups in total. The zero-order chi connectivity index (χ0) is 33.5. The normalized spacial score (nSPS) is 14.7. The third-order valence-corrected chi connectivity index (χ3v) is 12.6. The molecule has 51 heavy (non-hydrogen) atoms. The lowest BCUT2D eigenvalue weighted by atomic mass is 10.0. The third-order valence-electron chi connectivity index (χ3n) is 10.2. The van der Waals surface area contributed by atoms with Crippen LogP contribution in [-0.2, 0) is 0 Å². The van der Waals surface area contributed by atoms with E-state index >= 15 is 0 Å². The lowest BCUT2D eigenvalue weighted by Crippen LogP contribution is -2.32. The number of hydrogen-bond acceptors (Lipinski definition) is 5. The highest BCUT2D eigenvalue weighted by Gasteiger charge is 2.21. The lowest BCUT2D eigenvalue weighted by molar-refractivity contribution is 0.752. The van der Waals surface area contributed by atoms with Gasteiger partial charge in [0.1, 0.15) is 0 Å². The van der Waals surface area contributed by atoms with E-state index in [9.17, 15) is 0 Å². The van der Waals surface area contributed by atoms with Gasteiger partial charge in [0.15, 0.2) is 6.17 Å². The SMILES string of the molecule is C1=NC(c2ccc(-c3cccc4c3sc3ccccc34)cc2)N=C(n2c3ccccc3c3cc(-c4cccc5c4sc4ccccc45)ccc32)N1. The van der Waals surface area contributed by atoms with Crippen molar-refractivity contribution in [1.29, 1.82) is 0 Å². The van der Waals surface area contributed by atoms with E-state index in [0.29, 0.717) is 0 Å². The number of para-hydroxylation sites is 1. The molecule has 7 aromatic carbocycles. The van der Waals surface area contributed by atoms with Crippen LogP contribution in [0.1, 0.15) is 11.7 Å². The largest absolute Gasteiger partial charge is 0.317 e. The maximum atomic E-state index is 5.20. The Morgan fingerprint density at radius 1 is 0.490 bits per heavy atom. The second-order valence-corrected chi connectivity index (χ2v) is 15.1. The maximum absolute atomic E-state index is 5.20. The van der Waals surface area contributed by atoms with Gasteiger partial charge in [-0.05, 0) is 58.1 Å². The molecule has 10 aromatic rings. The van der Waals surface area contributed by atoms with Gasteiger partial charge in [0, 0.05) is 51.1 Å². The van der Waals surface area contributed by atoms with Crippen molar-refractivity contribution in [3.8, 4) is 22.3 Å². The van der Waals surface area contributed by atoms with E-state index in [2.05, 4.69) is 162 Å². The van der Waals surface area contributed by atoms with Crippen LogP contribution in [0.15, 0.2) is 162 Å². The first-order chi connectivity index (χ1) is 25.3. The van der Waals surface area contributed by atoms with E-state index in [1.165, 1.54) is 73.4 Å². The molecule has 0 saturated heterocycles. The van der Waals surface area contributed by atoms with Gasteiger partial charge in [0.2, 0.25) is 5.96 Å². The van der Waals surface area contributed by atoms with Crippen molar-refractivity contribution in [2.24, 2.45) is 9.98 Å². The summed E-state index contributed by atoms with van der Waals surface area (Å²) in [5.41, 5.74) is 8.20. The summed E-state index contributed by atoms with van der Waals surface area (Å²) in [6.07, 6.45) is 1.44. The number of nitrogens with zero attached hydrogens (tertiary/aromatic N) is 3. The Bertz CT molecular complexity index is 3070. The van der Waals surface area contributed by atoms with Crippen molar-refractivity contribution in [1.82, 2.24) is 9.88 Å². The molecule has 4 nitrogen and oxygen atoms in total. The van der Waals surface area contributed by atoms with Gasteiger partial charge in [-0.2, -0.15) is 0 Å². The summed E-state index contributed by atoms with van der Waals surface area (Å²) < 4.78 is 7.52. The number of hydrogen-bond donors (Lipinski definition) is 1. The van der Waals surface area contributed by atoms with E-state index < -0.39 is 0 Å². The molecule has 6 heteroatoms. The predicted molar refractivity (Wildman–Crippen MR) is 220 cm³/mol. The Hall–Kier alpha value is -6.08. The Labute approximate surface area is 301 Å². The number of nitrogens with one attached hydrogen (secondary N) is 1. The number of thiophene rings is 2. The fourth-order valence-electron chi connectivity index (χ4n) is 7.79. The van der Waals surface area contributed by atoms with Gasteiger partial charge in [-0.25, -0.2) is 9.98 Å². The van der Waals surface area contributed by atoms with Crippen molar-refractivity contribution in [2.75, 3.05) is 0 Å². The molecule has 1 atom stereocenters. The van der Waals surface area contributed by atoms with Gasteiger partial charge < -0.3 is 5.32 Å². The summed E-state index contributed by atoms with van der Waals surface area (Å²) in [6.45, 7) is 0. The zero-order valence-corrected chi connectivity index (χ0v) is 28.9. The van der Waals surface area contributed by atoms with Crippen molar-refractivity contribution in [3.63, 3.8) is 0 Å². The molecule has 240 valence electrons. The Morgan fingerprint density at radius 2 is 1.06 bits per heavy atom. The molecule has 4 heterocycles. The van der Waals surface area contributed by atoms with Crippen LogP contribution in [0.25, 0.3) is 84.4 Å². The second-order valence-electron chi connectivity index (χ2n) is 13.0. The number of aromatic nitrogens is 1. The van der Waals surface area contributed by atoms with Crippen LogP contribution in [-0.4, -0.2) is 16.9 Å². The Morgan fingerprint density at radius 3 is 1.76 bits per heavy atom. The number of fused-ring (bicyclic) bond motifs is 9. The zero-order valence-electron chi connectivity index (χ0n) is 27.2. The molecule has 0 aliphatic carbocycles. The van der Waals surface area contributed by atoms with Gasteiger partial charge in [-0.1, -0.05) is 121 Å². The van der Waals surface area contributed by atoms with Crippen molar-refractivity contribution < 1.29 is 0 Å². The third kappa shape index (κ3) is 4.43. The molecule has 1 unspecified atom stereocenters. The van der Waals surface area contributed by atoms with Crippen molar-refractivity contribution >= 4 is 97.1 Å². The molecule has 0 amide bonds. The summed E-state index contributed by atoms with van der Waals surface area (Å²) in [4.78, 5) is 9.96. The van der Waals surface area contributed by atoms with Crippen LogP contribution >= 0.6 is 22.7 Å². The minimum atomic E-state index is -0.350. The Kier molecular flexibility index (Phi) is 6.32. The summed E-state index contributed by atoms with van der Waals surface area (Å²) in [7, 11) is 0. The molecule has 0 bridgehead atoms. The van der Waals surface area contributed by atoms with E-state index in [0.717, 1.165) is 22.6 Å². The second kappa shape index (κ2) is 11.2. The standard InChI is InChI=1S/C45H28N4S2/c1-4-16-38-32(9-1)37-25-29(31-13-8-15-36-34-11-3-6-18-41(34)51-43(31)36)23-24-39(37)49(38)45-47-26-46-44(48-45)28-21-19-27(20-22-28)30-12-7-14-35-33-10-2-5-17-40(33)50-42(30)35/h1-26,44H,(H,46,47,48). The highest BCUT2D eigenvalue weighted by atomic mass is 32.1. The highest BCUT2D eigenvalue weighted by molar-refractivity contribution is 7.26. The van der Waals surface area contributed by atoms with Crippen LogP contribution in [0.2, 0.25) is 0 Å². The van der Waals surface area contributed by atoms with Gasteiger partial charge in [0.05, 0.1) is 17.4 Å². The number of benzene rings is 7. The van der Waals surface area contributed by atoms with Crippen LogP contribution in [0.3, 0.4) is 0 Å². The van der Waals surface area contributed by atoms with Gasteiger partial charge >= 0.3 is 0 Å². The van der Waals surface area contributed by atoms with Crippen LogP contribution in [0.5, 0.6) is 0 Å². The fourth-order valence-corrected chi connectivity index (χ4v) is 10.3. The van der Waals surface area contributed by atoms with E-state index in [-0.39, 0.29) is 6.17 Å². The monoisotopic (exact) mass is 688 g/mol. The molecular weight excluding hydrogens is 661 g/mol. The molecule has 11 rings (SSSR count). The molecule has 0 saturated carbocycles.